The quantitative estimate of drug-likeness (QED) is 0.430. The van der Waals surface area contributed by atoms with E-state index in [4.69, 9.17) is 10.2 Å². The Kier molecular flexibility index (Phi) is 7.35. The van der Waals surface area contributed by atoms with Gasteiger partial charge in [-0.2, -0.15) is 11.8 Å². The van der Waals surface area contributed by atoms with Gasteiger partial charge < -0.3 is 15.1 Å². The van der Waals surface area contributed by atoms with Crippen LogP contribution in [0.3, 0.4) is 0 Å². The highest BCUT2D eigenvalue weighted by Crippen LogP contribution is 2.19. The van der Waals surface area contributed by atoms with E-state index in [2.05, 4.69) is 14.9 Å². The van der Waals surface area contributed by atoms with Crippen LogP contribution in [0, 0.1) is 5.82 Å². The first-order chi connectivity index (χ1) is 11.2. The topological polar surface area (TPSA) is 67.6 Å². The monoisotopic (exact) mass is 462 g/mol. The van der Waals surface area contributed by atoms with Crippen LogP contribution >= 0.6 is 35.7 Å². The van der Waals surface area contributed by atoms with Gasteiger partial charge in [0.15, 0.2) is 5.96 Å². The number of thioether (sulfide) groups is 1. The molecule has 3 rings (SSSR count). The number of nitrogens with zero attached hydrogens (tertiary/aromatic N) is 3. The Hall–Kier alpha value is -1.29. The second-order valence-corrected chi connectivity index (χ2v) is 6.46. The lowest BCUT2D eigenvalue weighted by Crippen LogP contribution is -2.42. The van der Waals surface area contributed by atoms with Crippen molar-refractivity contribution in [3.05, 3.63) is 42.0 Å². The van der Waals surface area contributed by atoms with E-state index in [1.807, 2.05) is 11.8 Å². The fraction of sp³-hybridized carbons (Fsp3) is 0.375. The smallest absolute Gasteiger partial charge is 0.226 e. The number of benzene rings is 1. The van der Waals surface area contributed by atoms with Crippen molar-refractivity contribution in [1.29, 1.82) is 0 Å². The maximum absolute atomic E-state index is 12.9. The van der Waals surface area contributed by atoms with Crippen LogP contribution in [0.5, 0.6) is 0 Å². The molecule has 1 aromatic heterocycles. The molecule has 1 saturated heterocycles. The SMILES string of the molecule is I.NC(=NCCc1coc(-c2ccc(F)cc2)n1)N1CCSCC1. The van der Waals surface area contributed by atoms with E-state index in [0.717, 1.165) is 35.9 Å². The van der Waals surface area contributed by atoms with Crippen molar-refractivity contribution in [3.63, 3.8) is 0 Å². The number of hydrogen-bond donors (Lipinski definition) is 1. The van der Waals surface area contributed by atoms with Gasteiger partial charge in [0.2, 0.25) is 5.89 Å². The summed E-state index contributed by atoms with van der Waals surface area (Å²) >= 11 is 1.94. The number of rotatable bonds is 4. The number of aromatic nitrogens is 1. The maximum Gasteiger partial charge on any atom is 0.226 e. The largest absolute Gasteiger partial charge is 0.444 e. The van der Waals surface area contributed by atoms with Crippen LogP contribution in [0.4, 0.5) is 4.39 Å². The molecule has 0 bridgehead atoms. The first kappa shape index (κ1) is 19.0. The van der Waals surface area contributed by atoms with Crippen LogP contribution in [-0.4, -0.2) is 47.0 Å². The summed E-state index contributed by atoms with van der Waals surface area (Å²) in [6.45, 7) is 2.49. The normalized spacial score (nSPS) is 15.2. The van der Waals surface area contributed by atoms with Gasteiger partial charge >= 0.3 is 0 Å². The van der Waals surface area contributed by atoms with Crippen molar-refractivity contribution >= 4 is 41.7 Å². The van der Waals surface area contributed by atoms with Gasteiger partial charge in [0.25, 0.3) is 0 Å². The minimum absolute atomic E-state index is 0. The Bertz CT molecular complexity index is 671. The Balaban J connectivity index is 0.00000208. The molecule has 1 aliphatic heterocycles. The lowest BCUT2D eigenvalue weighted by Gasteiger charge is -2.27. The predicted octanol–water partition coefficient (Wildman–Crippen LogP) is 3.00. The molecular weight excluding hydrogens is 442 g/mol. The summed E-state index contributed by atoms with van der Waals surface area (Å²) in [4.78, 5) is 10.9. The average Bonchev–Trinajstić information content (AvgIpc) is 3.05. The number of oxazole rings is 1. The number of halogens is 2. The molecule has 130 valence electrons. The van der Waals surface area contributed by atoms with Crippen LogP contribution in [-0.2, 0) is 6.42 Å². The third-order valence-electron chi connectivity index (χ3n) is 3.62. The van der Waals surface area contributed by atoms with Crippen molar-refractivity contribution in [1.82, 2.24) is 9.88 Å². The van der Waals surface area contributed by atoms with E-state index in [-0.39, 0.29) is 29.8 Å². The molecule has 0 unspecified atom stereocenters. The first-order valence-electron chi connectivity index (χ1n) is 7.55. The highest BCUT2D eigenvalue weighted by Gasteiger charge is 2.12. The Morgan fingerprint density at radius 3 is 2.71 bits per heavy atom. The molecule has 0 amide bonds. The van der Waals surface area contributed by atoms with Crippen LogP contribution < -0.4 is 5.73 Å². The molecule has 2 N–H and O–H groups in total. The minimum atomic E-state index is -0.276. The van der Waals surface area contributed by atoms with E-state index < -0.39 is 0 Å². The van der Waals surface area contributed by atoms with Gasteiger partial charge in [-0.3, -0.25) is 4.99 Å². The molecule has 0 atom stereocenters. The molecule has 0 aliphatic carbocycles. The van der Waals surface area contributed by atoms with Gasteiger partial charge in [-0.1, -0.05) is 0 Å². The summed E-state index contributed by atoms with van der Waals surface area (Å²) in [6.07, 6.45) is 2.27. The predicted molar refractivity (Wildman–Crippen MR) is 106 cm³/mol. The maximum atomic E-state index is 12.9. The molecule has 0 spiro atoms. The van der Waals surface area contributed by atoms with Gasteiger partial charge in [-0.05, 0) is 24.3 Å². The minimum Gasteiger partial charge on any atom is -0.444 e. The fourth-order valence-corrected chi connectivity index (χ4v) is 3.23. The van der Waals surface area contributed by atoms with Gasteiger partial charge in [0, 0.05) is 43.1 Å². The second-order valence-electron chi connectivity index (χ2n) is 5.24. The molecular formula is C16H20FIN4OS. The molecule has 1 aliphatic rings. The summed E-state index contributed by atoms with van der Waals surface area (Å²) in [7, 11) is 0. The van der Waals surface area contributed by atoms with E-state index in [9.17, 15) is 4.39 Å². The molecule has 24 heavy (non-hydrogen) atoms. The van der Waals surface area contributed by atoms with Gasteiger partial charge in [0.05, 0.1) is 5.69 Å². The summed E-state index contributed by atoms with van der Waals surface area (Å²) in [6, 6.07) is 6.08. The molecule has 8 heteroatoms. The lowest BCUT2D eigenvalue weighted by atomic mass is 10.2. The van der Waals surface area contributed by atoms with E-state index in [1.165, 1.54) is 12.1 Å². The van der Waals surface area contributed by atoms with Crippen LogP contribution in [0.25, 0.3) is 11.5 Å². The molecule has 2 heterocycles. The molecule has 1 aromatic carbocycles. The van der Waals surface area contributed by atoms with E-state index in [0.29, 0.717) is 24.8 Å². The molecule has 1 fully saturated rings. The first-order valence-corrected chi connectivity index (χ1v) is 8.71. The zero-order valence-electron chi connectivity index (χ0n) is 13.2. The molecule has 0 saturated carbocycles. The average molecular weight is 462 g/mol. The van der Waals surface area contributed by atoms with Crippen molar-refractivity contribution in [2.24, 2.45) is 10.7 Å². The zero-order valence-corrected chi connectivity index (χ0v) is 16.3. The Morgan fingerprint density at radius 1 is 1.29 bits per heavy atom. The molecule has 0 radical (unpaired) electrons. The number of guanidine groups is 1. The third-order valence-corrected chi connectivity index (χ3v) is 4.56. The number of hydrogen-bond acceptors (Lipinski definition) is 4. The number of nitrogens with two attached hydrogens (primary N) is 1. The van der Waals surface area contributed by atoms with Crippen molar-refractivity contribution < 1.29 is 8.81 Å². The zero-order chi connectivity index (χ0) is 16.1. The van der Waals surface area contributed by atoms with E-state index >= 15 is 0 Å². The Morgan fingerprint density at radius 2 is 2.00 bits per heavy atom. The van der Waals surface area contributed by atoms with Gasteiger partial charge in [0.1, 0.15) is 12.1 Å². The van der Waals surface area contributed by atoms with Crippen LogP contribution in [0.15, 0.2) is 39.9 Å². The lowest BCUT2D eigenvalue weighted by molar-refractivity contribution is 0.456. The van der Waals surface area contributed by atoms with E-state index in [1.54, 1.807) is 18.4 Å². The molecule has 2 aromatic rings. The van der Waals surface area contributed by atoms with Crippen LogP contribution in [0.2, 0.25) is 0 Å². The highest BCUT2D eigenvalue weighted by molar-refractivity contribution is 14.0. The number of aliphatic imine (C=N–C) groups is 1. The van der Waals surface area contributed by atoms with Gasteiger partial charge in [-0.25, -0.2) is 9.37 Å². The summed E-state index contributed by atoms with van der Waals surface area (Å²) in [5.41, 5.74) is 7.58. The summed E-state index contributed by atoms with van der Waals surface area (Å²) in [5, 5.41) is 0. The second kappa shape index (κ2) is 9.26. The Labute approximate surface area is 161 Å². The van der Waals surface area contributed by atoms with Crippen molar-refractivity contribution in [2.75, 3.05) is 31.1 Å². The molecule has 5 nitrogen and oxygen atoms in total. The van der Waals surface area contributed by atoms with Gasteiger partial charge in [-0.15, -0.1) is 24.0 Å². The summed E-state index contributed by atoms with van der Waals surface area (Å²) < 4.78 is 18.4. The van der Waals surface area contributed by atoms with Crippen molar-refractivity contribution in [3.8, 4) is 11.5 Å². The summed E-state index contributed by atoms with van der Waals surface area (Å²) in [5.74, 6) is 3.01. The highest BCUT2D eigenvalue weighted by atomic mass is 127. The fourth-order valence-electron chi connectivity index (χ4n) is 2.32. The van der Waals surface area contributed by atoms with Crippen molar-refractivity contribution in [2.45, 2.75) is 6.42 Å². The third kappa shape index (κ3) is 5.10. The van der Waals surface area contributed by atoms with Crippen LogP contribution in [0.1, 0.15) is 5.69 Å². The standard InChI is InChI=1S/C16H19FN4OS.HI/c17-13-3-1-12(2-4-13)15-20-14(11-22-15)5-6-19-16(18)21-7-9-23-10-8-21;/h1-4,11H,5-10H2,(H2,18,19);1H.